The lowest BCUT2D eigenvalue weighted by atomic mass is 10.0. The molecule has 0 N–H and O–H groups in total. The van der Waals surface area contributed by atoms with Crippen LogP contribution in [-0.4, -0.2) is 7.11 Å². The largest absolute Gasteiger partial charge is 0.495 e. The molecule has 106 valence electrons. The van der Waals surface area contributed by atoms with Crippen LogP contribution in [0.1, 0.15) is 16.5 Å². The number of hydrogen-bond donors (Lipinski definition) is 0. The average molecular weight is 395 g/mol. The molecule has 1 unspecified atom stereocenters. The monoisotopic (exact) mass is 392 g/mol. The summed E-state index contributed by atoms with van der Waals surface area (Å²) in [6, 6.07) is 11.5. The van der Waals surface area contributed by atoms with Crippen LogP contribution in [0.5, 0.6) is 5.75 Å². The van der Waals surface area contributed by atoms with Crippen LogP contribution in [0.3, 0.4) is 0 Å². The molecule has 0 heterocycles. The number of benzene rings is 2. The highest BCUT2D eigenvalue weighted by Gasteiger charge is 2.16. The molecular formula is C15H12BrCl3O. The fraction of sp³-hybridized carbons (Fsp3) is 0.200. The zero-order chi connectivity index (χ0) is 14.7. The van der Waals surface area contributed by atoms with Crippen LogP contribution in [0, 0.1) is 0 Å². The Hall–Kier alpha value is -0.410. The van der Waals surface area contributed by atoms with Crippen molar-refractivity contribution >= 4 is 50.7 Å². The van der Waals surface area contributed by atoms with Gasteiger partial charge in [-0.1, -0.05) is 51.3 Å². The van der Waals surface area contributed by atoms with Crippen molar-refractivity contribution in [3.8, 4) is 5.75 Å². The highest BCUT2D eigenvalue weighted by atomic mass is 79.9. The summed E-state index contributed by atoms with van der Waals surface area (Å²) < 4.78 is 6.15. The van der Waals surface area contributed by atoms with Gasteiger partial charge in [0.15, 0.2) is 0 Å². The molecule has 20 heavy (non-hydrogen) atoms. The number of alkyl halides is 1. The Morgan fingerprint density at radius 1 is 1.15 bits per heavy atom. The van der Waals surface area contributed by atoms with E-state index in [-0.39, 0.29) is 5.38 Å². The Bertz CT molecular complexity index is 616. The molecule has 5 heteroatoms. The van der Waals surface area contributed by atoms with Crippen LogP contribution in [0.2, 0.25) is 10.0 Å². The average Bonchev–Trinajstić information content (AvgIpc) is 2.40. The molecule has 0 saturated heterocycles. The molecular weight excluding hydrogens is 382 g/mol. The van der Waals surface area contributed by atoms with Crippen LogP contribution in [-0.2, 0) is 6.42 Å². The predicted octanol–water partition coefficient (Wildman–Crippen LogP) is 6.29. The third-order valence-electron chi connectivity index (χ3n) is 2.91. The first kappa shape index (κ1) is 16.0. The first-order valence-electron chi connectivity index (χ1n) is 5.92. The van der Waals surface area contributed by atoms with E-state index >= 15 is 0 Å². The number of rotatable bonds is 4. The maximum absolute atomic E-state index is 6.47. The molecule has 0 fully saturated rings. The van der Waals surface area contributed by atoms with Crippen molar-refractivity contribution in [2.75, 3.05) is 7.11 Å². The Kier molecular flexibility index (Phi) is 5.62. The lowest BCUT2D eigenvalue weighted by Crippen LogP contribution is -1.98. The SMILES string of the molecule is COc1cc(Cl)c(C(Cl)Cc2cccc(Br)c2)cc1Cl. The Balaban J connectivity index is 2.25. The van der Waals surface area contributed by atoms with Gasteiger partial charge in [0.2, 0.25) is 0 Å². The second-order valence-electron chi connectivity index (χ2n) is 4.31. The summed E-state index contributed by atoms with van der Waals surface area (Å²) in [6.45, 7) is 0. The minimum atomic E-state index is -0.250. The molecule has 0 aliphatic carbocycles. The maximum Gasteiger partial charge on any atom is 0.138 e. The summed E-state index contributed by atoms with van der Waals surface area (Å²) in [5.74, 6) is 0.548. The van der Waals surface area contributed by atoms with E-state index in [1.165, 1.54) is 0 Å². The Morgan fingerprint density at radius 2 is 1.90 bits per heavy atom. The molecule has 2 rings (SSSR count). The summed E-state index contributed by atoms with van der Waals surface area (Å²) in [5, 5.41) is 0.813. The molecule has 0 aliphatic rings. The summed E-state index contributed by atoms with van der Waals surface area (Å²) in [6.07, 6.45) is 0.670. The van der Waals surface area contributed by atoms with E-state index in [0.29, 0.717) is 22.2 Å². The van der Waals surface area contributed by atoms with Crippen LogP contribution in [0.15, 0.2) is 40.9 Å². The van der Waals surface area contributed by atoms with E-state index in [1.54, 1.807) is 19.2 Å². The molecule has 0 aliphatic heterocycles. The molecule has 2 aromatic rings. The highest BCUT2D eigenvalue weighted by molar-refractivity contribution is 9.10. The van der Waals surface area contributed by atoms with Gasteiger partial charge in [0.05, 0.1) is 17.5 Å². The van der Waals surface area contributed by atoms with Crippen LogP contribution >= 0.6 is 50.7 Å². The van der Waals surface area contributed by atoms with Crippen molar-refractivity contribution in [1.29, 1.82) is 0 Å². The van der Waals surface area contributed by atoms with Gasteiger partial charge in [-0.05, 0) is 35.7 Å². The molecule has 2 aromatic carbocycles. The van der Waals surface area contributed by atoms with E-state index in [1.807, 2.05) is 24.3 Å². The number of halogens is 4. The first-order chi connectivity index (χ1) is 9.51. The Morgan fingerprint density at radius 3 is 2.55 bits per heavy atom. The van der Waals surface area contributed by atoms with Gasteiger partial charge < -0.3 is 4.74 Å². The second kappa shape index (κ2) is 7.04. The van der Waals surface area contributed by atoms with Gasteiger partial charge in [-0.25, -0.2) is 0 Å². The second-order valence-corrected chi connectivity index (χ2v) is 6.57. The van der Waals surface area contributed by atoms with E-state index in [0.717, 1.165) is 15.6 Å². The Labute approximate surface area is 141 Å². The van der Waals surface area contributed by atoms with Gasteiger partial charge in [0.25, 0.3) is 0 Å². The lowest BCUT2D eigenvalue weighted by Gasteiger charge is -2.14. The van der Waals surface area contributed by atoms with E-state index in [4.69, 9.17) is 39.5 Å². The molecule has 1 nitrogen and oxygen atoms in total. The van der Waals surface area contributed by atoms with Crippen LogP contribution < -0.4 is 4.74 Å². The van der Waals surface area contributed by atoms with Crippen LogP contribution in [0.4, 0.5) is 0 Å². The fourth-order valence-electron chi connectivity index (χ4n) is 1.92. The molecule has 0 bridgehead atoms. The van der Waals surface area contributed by atoms with Crippen LogP contribution in [0.25, 0.3) is 0 Å². The van der Waals surface area contributed by atoms with Crippen molar-refractivity contribution in [2.24, 2.45) is 0 Å². The summed E-state index contributed by atoms with van der Waals surface area (Å²) in [7, 11) is 1.55. The topological polar surface area (TPSA) is 9.23 Å². The molecule has 0 spiro atoms. The summed E-state index contributed by atoms with van der Waals surface area (Å²) in [5.41, 5.74) is 1.93. The third kappa shape index (κ3) is 3.82. The molecule has 0 radical (unpaired) electrons. The molecule has 0 aromatic heterocycles. The molecule has 0 amide bonds. The van der Waals surface area contributed by atoms with Crippen molar-refractivity contribution in [1.82, 2.24) is 0 Å². The van der Waals surface area contributed by atoms with Crippen molar-refractivity contribution in [3.05, 3.63) is 62.0 Å². The van der Waals surface area contributed by atoms with Gasteiger partial charge in [0.1, 0.15) is 5.75 Å². The fourth-order valence-corrected chi connectivity index (χ4v) is 3.32. The van der Waals surface area contributed by atoms with Gasteiger partial charge >= 0.3 is 0 Å². The van der Waals surface area contributed by atoms with Crippen molar-refractivity contribution in [2.45, 2.75) is 11.8 Å². The molecule has 1 atom stereocenters. The number of methoxy groups -OCH3 is 1. The standard InChI is InChI=1S/C15H12BrCl3O/c1-20-15-8-13(18)11(7-14(15)19)12(17)6-9-3-2-4-10(16)5-9/h2-5,7-8,12H,6H2,1H3. The quantitative estimate of drug-likeness (QED) is 0.554. The zero-order valence-corrected chi connectivity index (χ0v) is 14.5. The minimum absolute atomic E-state index is 0.250. The summed E-state index contributed by atoms with van der Waals surface area (Å²) in [4.78, 5) is 0. The van der Waals surface area contributed by atoms with Gasteiger partial charge in [-0.3, -0.25) is 0 Å². The van der Waals surface area contributed by atoms with Crippen molar-refractivity contribution < 1.29 is 4.74 Å². The van der Waals surface area contributed by atoms with Gasteiger partial charge in [-0.2, -0.15) is 0 Å². The highest BCUT2D eigenvalue weighted by Crippen LogP contribution is 2.37. The van der Waals surface area contributed by atoms with E-state index in [9.17, 15) is 0 Å². The smallest absolute Gasteiger partial charge is 0.138 e. The van der Waals surface area contributed by atoms with Gasteiger partial charge in [0, 0.05) is 15.6 Å². The van der Waals surface area contributed by atoms with Crippen molar-refractivity contribution in [3.63, 3.8) is 0 Å². The minimum Gasteiger partial charge on any atom is -0.495 e. The lowest BCUT2D eigenvalue weighted by molar-refractivity contribution is 0.415. The normalized spacial score (nSPS) is 12.2. The number of hydrogen-bond acceptors (Lipinski definition) is 1. The molecule has 0 saturated carbocycles. The maximum atomic E-state index is 6.47. The van der Waals surface area contributed by atoms with E-state index in [2.05, 4.69) is 15.9 Å². The van der Waals surface area contributed by atoms with Gasteiger partial charge in [-0.15, -0.1) is 11.6 Å². The first-order valence-corrected chi connectivity index (χ1v) is 7.91. The number of ether oxygens (including phenoxy) is 1. The zero-order valence-electron chi connectivity index (χ0n) is 10.7. The van der Waals surface area contributed by atoms with E-state index < -0.39 is 0 Å². The third-order valence-corrected chi connectivity index (χ3v) is 4.42. The summed E-state index contributed by atoms with van der Waals surface area (Å²) >= 11 is 22.3. The predicted molar refractivity (Wildman–Crippen MR) is 89.5 cm³/mol.